The Balaban J connectivity index is 2.56. The Morgan fingerprint density at radius 2 is 2.15 bits per heavy atom. The quantitative estimate of drug-likeness (QED) is 0.615. The number of rotatable bonds is 0. The molecule has 1 aromatic rings. The minimum absolute atomic E-state index is 0.464. The van der Waals surface area contributed by atoms with Crippen LogP contribution in [0.15, 0.2) is 17.1 Å². The molecule has 1 N–H and O–H groups in total. The number of hydrogen-bond donors (Lipinski definition) is 1. The van der Waals surface area contributed by atoms with Gasteiger partial charge in [-0.1, -0.05) is 18.2 Å². The molecule has 0 radical (unpaired) electrons. The van der Waals surface area contributed by atoms with Crippen molar-refractivity contribution in [2.45, 2.75) is 12.8 Å². The fourth-order valence-corrected chi connectivity index (χ4v) is 1.98. The Morgan fingerprint density at radius 3 is 3.08 bits per heavy atom. The second-order valence-electron chi connectivity index (χ2n) is 3.41. The number of aliphatic hydroxyl groups excluding tert-OH is 1. The maximum atomic E-state index is 9.66. The van der Waals surface area contributed by atoms with E-state index in [9.17, 15) is 5.11 Å². The predicted octanol–water partition coefficient (Wildman–Crippen LogP) is 0.795. The molecule has 1 aliphatic heterocycles. The van der Waals surface area contributed by atoms with Crippen LogP contribution in [-0.4, -0.2) is 11.3 Å². The fourth-order valence-electron chi connectivity index (χ4n) is 1.98. The SMILES string of the molecule is OC1=c2c3c(ccc2=CC1)CC=N3. The minimum atomic E-state index is 0.464. The Morgan fingerprint density at radius 1 is 1.23 bits per heavy atom. The van der Waals surface area contributed by atoms with Gasteiger partial charge in [0.15, 0.2) is 0 Å². The highest BCUT2D eigenvalue weighted by Gasteiger charge is 2.13. The van der Waals surface area contributed by atoms with Gasteiger partial charge in [-0.05, 0) is 10.8 Å². The lowest BCUT2D eigenvalue weighted by molar-refractivity contribution is 0.493. The fraction of sp³-hybridized carbons (Fsp3) is 0.182. The van der Waals surface area contributed by atoms with Crippen LogP contribution in [0.4, 0.5) is 5.69 Å². The van der Waals surface area contributed by atoms with E-state index in [-0.39, 0.29) is 0 Å². The first kappa shape index (κ1) is 6.89. The molecule has 64 valence electrons. The van der Waals surface area contributed by atoms with Crippen molar-refractivity contribution in [2.24, 2.45) is 4.99 Å². The maximum absolute atomic E-state index is 9.66. The molecule has 0 saturated heterocycles. The van der Waals surface area contributed by atoms with Gasteiger partial charge in [0.25, 0.3) is 0 Å². The van der Waals surface area contributed by atoms with Crippen LogP contribution in [0, 0.1) is 0 Å². The van der Waals surface area contributed by atoms with Gasteiger partial charge in [-0.2, -0.15) is 0 Å². The zero-order valence-electron chi connectivity index (χ0n) is 7.12. The third-order valence-corrected chi connectivity index (χ3v) is 2.63. The third kappa shape index (κ3) is 0.800. The summed E-state index contributed by atoms with van der Waals surface area (Å²) < 4.78 is 0. The van der Waals surface area contributed by atoms with Crippen LogP contribution in [0.2, 0.25) is 0 Å². The van der Waals surface area contributed by atoms with Gasteiger partial charge in [0.1, 0.15) is 5.76 Å². The van der Waals surface area contributed by atoms with E-state index < -0.39 is 0 Å². The number of nitrogens with zero attached hydrogens (tertiary/aromatic N) is 1. The van der Waals surface area contributed by atoms with Crippen LogP contribution in [0.1, 0.15) is 12.0 Å². The second kappa shape index (κ2) is 2.22. The summed E-state index contributed by atoms with van der Waals surface area (Å²) in [6.07, 6.45) is 5.49. The summed E-state index contributed by atoms with van der Waals surface area (Å²) in [6.45, 7) is 0. The van der Waals surface area contributed by atoms with Crippen molar-refractivity contribution in [3.63, 3.8) is 0 Å². The van der Waals surface area contributed by atoms with Gasteiger partial charge < -0.3 is 5.11 Å². The first-order valence-electron chi connectivity index (χ1n) is 4.43. The van der Waals surface area contributed by atoms with E-state index in [2.05, 4.69) is 17.1 Å². The summed E-state index contributed by atoms with van der Waals surface area (Å²) >= 11 is 0. The maximum Gasteiger partial charge on any atom is 0.106 e. The van der Waals surface area contributed by atoms with E-state index >= 15 is 0 Å². The molecule has 2 heteroatoms. The molecule has 0 unspecified atom stereocenters. The molecular formula is C11H9NO. The molecule has 3 rings (SSSR count). The third-order valence-electron chi connectivity index (χ3n) is 2.63. The normalized spacial score (nSPS) is 17.1. The Hall–Kier alpha value is -1.57. The average Bonchev–Trinajstić information content (AvgIpc) is 2.70. The first-order chi connectivity index (χ1) is 6.36. The highest BCUT2D eigenvalue weighted by atomic mass is 16.3. The van der Waals surface area contributed by atoms with Crippen LogP contribution < -0.4 is 10.4 Å². The number of benzene rings is 1. The number of aliphatic imine (C=N–C) groups is 1. The molecule has 0 aromatic heterocycles. The van der Waals surface area contributed by atoms with Crippen LogP contribution >= 0.6 is 0 Å². The van der Waals surface area contributed by atoms with Crippen LogP contribution in [0.5, 0.6) is 0 Å². The van der Waals surface area contributed by atoms with E-state index in [0.717, 1.165) is 22.5 Å². The lowest BCUT2D eigenvalue weighted by atomic mass is 10.1. The molecule has 13 heavy (non-hydrogen) atoms. The van der Waals surface area contributed by atoms with E-state index in [4.69, 9.17) is 0 Å². The van der Waals surface area contributed by atoms with Crippen LogP contribution in [-0.2, 0) is 6.42 Å². The van der Waals surface area contributed by atoms with E-state index in [0.29, 0.717) is 12.2 Å². The molecule has 0 fully saturated rings. The smallest absolute Gasteiger partial charge is 0.106 e. The Kier molecular flexibility index (Phi) is 1.18. The van der Waals surface area contributed by atoms with Gasteiger partial charge in [0, 0.05) is 24.3 Å². The molecule has 0 spiro atoms. The summed E-state index contributed by atoms with van der Waals surface area (Å²) in [4.78, 5) is 4.30. The summed E-state index contributed by atoms with van der Waals surface area (Å²) in [6, 6.07) is 4.16. The molecule has 0 atom stereocenters. The van der Waals surface area contributed by atoms with Crippen molar-refractivity contribution in [3.05, 3.63) is 28.1 Å². The van der Waals surface area contributed by atoms with Gasteiger partial charge in [-0.15, -0.1) is 0 Å². The Bertz CT molecular complexity index is 526. The van der Waals surface area contributed by atoms with E-state index in [1.165, 1.54) is 5.56 Å². The van der Waals surface area contributed by atoms with Crippen LogP contribution in [0.25, 0.3) is 11.8 Å². The van der Waals surface area contributed by atoms with Crippen molar-refractivity contribution >= 4 is 23.7 Å². The van der Waals surface area contributed by atoms with Crippen molar-refractivity contribution in [3.8, 4) is 0 Å². The average molecular weight is 171 g/mol. The summed E-state index contributed by atoms with van der Waals surface area (Å²) in [5.74, 6) is 0.464. The Labute approximate surface area is 75.6 Å². The molecule has 2 aliphatic rings. The molecule has 2 nitrogen and oxygen atoms in total. The first-order valence-corrected chi connectivity index (χ1v) is 4.43. The summed E-state index contributed by atoms with van der Waals surface area (Å²) in [5, 5.41) is 11.7. The number of fused-ring (bicyclic) bond motifs is 3. The van der Waals surface area contributed by atoms with Gasteiger partial charge in [-0.3, -0.25) is 4.99 Å². The predicted molar refractivity (Wildman–Crippen MR) is 52.7 cm³/mol. The molecular weight excluding hydrogens is 162 g/mol. The summed E-state index contributed by atoms with van der Waals surface area (Å²) in [7, 11) is 0. The lowest BCUT2D eigenvalue weighted by Crippen LogP contribution is -2.23. The van der Waals surface area contributed by atoms with Gasteiger partial charge in [0.2, 0.25) is 0 Å². The second-order valence-corrected chi connectivity index (χ2v) is 3.41. The zero-order valence-corrected chi connectivity index (χ0v) is 7.12. The standard InChI is InChI=1S/C11H9NO/c13-9-4-3-7-1-2-8-5-6-12-11(8)10(7)9/h1-3,6,13H,4-5H2. The van der Waals surface area contributed by atoms with E-state index in [1.807, 2.05) is 12.3 Å². The molecule has 1 aliphatic carbocycles. The molecule has 0 bridgehead atoms. The zero-order chi connectivity index (χ0) is 8.84. The lowest BCUT2D eigenvalue weighted by Gasteiger charge is -1.97. The van der Waals surface area contributed by atoms with Crippen molar-refractivity contribution < 1.29 is 5.11 Å². The monoisotopic (exact) mass is 171 g/mol. The van der Waals surface area contributed by atoms with E-state index in [1.54, 1.807) is 0 Å². The van der Waals surface area contributed by atoms with Gasteiger partial charge >= 0.3 is 0 Å². The summed E-state index contributed by atoms with van der Waals surface area (Å²) in [5.41, 5.74) is 2.20. The van der Waals surface area contributed by atoms with Crippen molar-refractivity contribution in [1.82, 2.24) is 0 Å². The highest BCUT2D eigenvalue weighted by Crippen LogP contribution is 2.19. The molecule has 1 aromatic carbocycles. The van der Waals surface area contributed by atoms with Crippen LogP contribution in [0.3, 0.4) is 0 Å². The topological polar surface area (TPSA) is 32.6 Å². The molecule has 1 heterocycles. The highest BCUT2D eigenvalue weighted by molar-refractivity contribution is 5.78. The molecule has 0 saturated carbocycles. The van der Waals surface area contributed by atoms with Gasteiger partial charge in [-0.25, -0.2) is 0 Å². The van der Waals surface area contributed by atoms with Crippen molar-refractivity contribution in [1.29, 1.82) is 0 Å². The van der Waals surface area contributed by atoms with Crippen molar-refractivity contribution in [2.75, 3.05) is 0 Å². The molecule has 0 amide bonds. The number of hydrogen-bond acceptors (Lipinski definition) is 2. The minimum Gasteiger partial charge on any atom is -0.511 e. The number of aliphatic hydroxyl groups is 1. The van der Waals surface area contributed by atoms with Gasteiger partial charge in [0.05, 0.1) is 5.69 Å². The largest absolute Gasteiger partial charge is 0.511 e.